The molecule has 0 radical (unpaired) electrons. The molecule has 0 fully saturated rings. The molecule has 130 valence electrons. The van der Waals surface area contributed by atoms with Crippen molar-refractivity contribution in [2.24, 2.45) is 0 Å². The Morgan fingerprint density at radius 2 is 1.80 bits per heavy atom. The maximum Gasteiger partial charge on any atom is 0.417 e. The number of rotatable bonds is 4. The van der Waals surface area contributed by atoms with Gasteiger partial charge in [0.2, 0.25) is 5.91 Å². The largest absolute Gasteiger partial charge is 0.417 e. The average Bonchev–Trinajstić information content (AvgIpc) is 2.53. The molecule has 0 bridgehead atoms. The van der Waals surface area contributed by atoms with Gasteiger partial charge in [-0.25, -0.2) is 0 Å². The molecule has 0 saturated heterocycles. The van der Waals surface area contributed by atoms with Gasteiger partial charge in [0.05, 0.1) is 15.5 Å². The molecule has 0 saturated carbocycles. The van der Waals surface area contributed by atoms with Crippen LogP contribution in [0.3, 0.4) is 0 Å². The number of carbonyl (C=O) groups is 1. The van der Waals surface area contributed by atoms with Crippen molar-refractivity contribution in [1.29, 1.82) is 0 Å². The quantitative estimate of drug-likeness (QED) is 0.471. The van der Waals surface area contributed by atoms with Crippen LogP contribution < -0.4 is 5.32 Å². The molecule has 1 amide bonds. The van der Waals surface area contributed by atoms with Crippen LogP contribution >= 0.6 is 11.6 Å². The van der Waals surface area contributed by atoms with Gasteiger partial charge >= 0.3 is 6.18 Å². The van der Waals surface area contributed by atoms with E-state index in [9.17, 15) is 28.1 Å². The van der Waals surface area contributed by atoms with E-state index in [1.165, 1.54) is 36.4 Å². The van der Waals surface area contributed by atoms with Crippen molar-refractivity contribution in [1.82, 2.24) is 0 Å². The molecule has 0 aromatic heterocycles. The summed E-state index contributed by atoms with van der Waals surface area (Å²) in [6, 6.07) is 8.38. The highest BCUT2D eigenvalue weighted by Gasteiger charge is 2.33. The summed E-state index contributed by atoms with van der Waals surface area (Å²) in [5, 5.41) is 12.5. The van der Waals surface area contributed by atoms with Gasteiger partial charge in [0, 0.05) is 23.9 Å². The summed E-state index contributed by atoms with van der Waals surface area (Å²) < 4.78 is 38.3. The first kappa shape index (κ1) is 18.5. The number of halogens is 4. The predicted molar refractivity (Wildman–Crippen MR) is 87.2 cm³/mol. The Kier molecular flexibility index (Phi) is 5.43. The molecule has 0 spiro atoms. The highest BCUT2D eigenvalue weighted by molar-refractivity contribution is 6.31. The number of nitro groups is 1. The fraction of sp³-hybridized carbons (Fsp3) is 0.0625. The minimum atomic E-state index is -4.60. The number of non-ortho nitro benzene ring substituents is 1. The summed E-state index contributed by atoms with van der Waals surface area (Å²) in [6.45, 7) is 0. The highest BCUT2D eigenvalue weighted by atomic mass is 35.5. The van der Waals surface area contributed by atoms with Crippen LogP contribution in [0.15, 0.2) is 48.5 Å². The van der Waals surface area contributed by atoms with Gasteiger partial charge in [0.25, 0.3) is 5.69 Å². The fourth-order valence-corrected chi connectivity index (χ4v) is 2.11. The summed E-state index contributed by atoms with van der Waals surface area (Å²) in [5.41, 5.74) is -0.663. The number of hydrogen-bond donors (Lipinski definition) is 1. The van der Waals surface area contributed by atoms with Gasteiger partial charge in [-0.2, -0.15) is 13.2 Å². The van der Waals surface area contributed by atoms with E-state index in [1.807, 2.05) is 0 Å². The van der Waals surface area contributed by atoms with Gasteiger partial charge in [-0.05, 0) is 35.9 Å². The number of amides is 1. The molecule has 0 aliphatic heterocycles. The number of hydrogen-bond acceptors (Lipinski definition) is 3. The highest BCUT2D eigenvalue weighted by Crippen LogP contribution is 2.35. The molecule has 0 atom stereocenters. The van der Waals surface area contributed by atoms with Crippen LogP contribution in [0.2, 0.25) is 5.02 Å². The average molecular weight is 371 g/mol. The molecule has 25 heavy (non-hydrogen) atoms. The SMILES string of the molecule is O=C(/C=C/c1ccc(Cl)c(C(F)(F)F)c1)Nc1ccc([N+](=O)[O-])cc1. The summed E-state index contributed by atoms with van der Waals surface area (Å²) in [6.07, 6.45) is -2.35. The summed E-state index contributed by atoms with van der Waals surface area (Å²) >= 11 is 5.51. The Hall–Kier alpha value is -2.87. The van der Waals surface area contributed by atoms with Crippen LogP contribution in [0.25, 0.3) is 6.08 Å². The standard InChI is InChI=1S/C16H10ClF3N2O3/c17-14-7-1-10(9-13(14)16(18,19)20)2-8-15(23)21-11-3-5-12(6-4-11)22(24)25/h1-9H,(H,21,23)/b8-2+. The minimum absolute atomic E-state index is 0.130. The van der Waals surface area contributed by atoms with Crippen LogP contribution in [0.5, 0.6) is 0 Å². The lowest BCUT2D eigenvalue weighted by molar-refractivity contribution is -0.384. The van der Waals surface area contributed by atoms with E-state index in [4.69, 9.17) is 11.6 Å². The third-order valence-electron chi connectivity index (χ3n) is 3.07. The Balaban J connectivity index is 2.09. The predicted octanol–water partition coefficient (Wildman–Crippen LogP) is 4.92. The Morgan fingerprint density at radius 1 is 1.16 bits per heavy atom. The molecule has 0 unspecified atom stereocenters. The topological polar surface area (TPSA) is 72.2 Å². The van der Waals surface area contributed by atoms with Gasteiger partial charge in [-0.3, -0.25) is 14.9 Å². The van der Waals surface area contributed by atoms with Crippen LogP contribution in [0.1, 0.15) is 11.1 Å². The molecule has 9 heteroatoms. The zero-order valence-corrected chi connectivity index (χ0v) is 13.1. The molecule has 1 N–H and O–H groups in total. The Morgan fingerprint density at radius 3 is 2.36 bits per heavy atom. The lowest BCUT2D eigenvalue weighted by Gasteiger charge is -2.09. The van der Waals surface area contributed by atoms with Crippen LogP contribution in [-0.2, 0) is 11.0 Å². The smallest absolute Gasteiger partial charge is 0.323 e. The molecule has 2 rings (SSSR count). The summed E-state index contributed by atoms with van der Waals surface area (Å²) in [7, 11) is 0. The first-order valence-corrected chi connectivity index (χ1v) is 7.15. The zero-order valence-electron chi connectivity index (χ0n) is 12.4. The Bertz CT molecular complexity index is 834. The van der Waals surface area contributed by atoms with E-state index in [1.54, 1.807) is 0 Å². The first-order chi connectivity index (χ1) is 11.7. The maximum absolute atomic E-state index is 12.8. The monoisotopic (exact) mass is 370 g/mol. The van der Waals surface area contributed by atoms with E-state index in [0.717, 1.165) is 18.2 Å². The van der Waals surface area contributed by atoms with Gasteiger partial charge < -0.3 is 5.32 Å². The summed E-state index contributed by atoms with van der Waals surface area (Å²) in [5.74, 6) is -0.600. The van der Waals surface area contributed by atoms with E-state index in [-0.39, 0.29) is 11.3 Å². The Labute approximate surface area is 144 Å². The maximum atomic E-state index is 12.8. The molecule has 2 aromatic carbocycles. The van der Waals surface area contributed by atoms with E-state index < -0.39 is 27.6 Å². The number of alkyl halides is 3. The number of nitrogens with one attached hydrogen (secondary N) is 1. The van der Waals surface area contributed by atoms with Crippen molar-refractivity contribution in [3.8, 4) is 0 Å². The number of anilines is 1. The number of benzene rings is 2. The lowest BCUT2D eigenvalue weighted by Crippen LogP contribution is -2.08. The van der Waals surface area contributed by atoms with E-state index >= 15 is 0 Å². The van der Waals surface area contributed by atoms with E-state index in [0.29, 0.717) is 5.69 Å². The lowest BCUT2D eigenvalue weighted by atomic mass is 10.1. The van der Waals surface area contributed by atoms with Gasteiger partial charge in [0.15, 0.2) is 0 Å². The second-order valence-corrected chi connectivity index (χ2v) is 5.27. The van der Waals surface area contributed by atoms with Gasteiger partial charge in [0.1, 0.15) is 0 Å². The summed E-state index contributed by atoms with van der Waals surface area (Å²) in [4.78, 5) is 21.7. The normalized spacial score (nSPS) is 11.5. The molecule has 2 aromatic rings. The first-order valence-electron chi connectivity index (χ1n) is 6.77. The van der Waals surface area contributed by atoms with Gasteiger partial charge in [-0.15, -0.1) is 0 Å². The molecular formula is C16H10ClF3N2O3. The second kappa shape index (κ2) is 7.35. The number of carbonyl (C=O) groups excluding carboxylic acids is 1. The van der Waals surface area contributed by atoms with Crippen LogP contribution in [0, 0.1) is 10.1 Å². The molecule has 0 heterocycles. The van der Waals surface area contributed by atoms with E-state index in [2.05, 4.69) is 5.32 Å². The third-order valence-corrected chi connectivity index (χ3v) is 3.40. The number of nitrogens with zero attached hydrogens (tertiary/aromatic N) is 1. The molecule has 5 nitrogen and oxygen atoms in total. The fourth-order valence-electron chi connectivity index (χ4n) is 1.89. The third kappa shape index (κ3) is 5.05. The van der Waals surface area contributed by atoms with Gasteiger partial charge in [-0.1, -0.05) is 17.7 Å². The molecular weight excluding hydrogens is 361 g/mol. The van der Waals surface area contributed by atoms with Crippen molar-refractivity contribution in [2.45, 2.75) is 6.18 Å². The van der Waals surface area contributed by atoms with Crippen molar-refractivity contribution < 1.29 is 22.9 Å². The van der Waals surface area contributed by atoms with Crippen LogP contribution in [-0.4, -0.2) is 10.8 Å². The molecule has 0 aliphatic carbocycles. The zero-order chi connectivity index (χ0) is 18.6. The minimum Gasteiger partial charge on any atom is -0.323 e. The number of nitro benzene ring substituents is 1. The van der Waals surface area contributed by atoms with Crippen LogP contribution in [0.4, 0.5) is 24.5 Å². The van der Waals surface area contributed by atoms with Crippen molar-refractivity contribution in [3.05, 3.63) is 74.8 Å². The molecule has 0 aliphatic rings. The second-order valence-electron chi connectivity index (χ2n) is 4.86. The van der Waals surface area contributed by atoms with Crippen molar-refractivity contribution in [2.75, 3.05) is 5.32 Å². The van der Waals surface area contributed by atoms with Crippen molar-refractivity contribution >= 4 is 35.0 Å². The van der Waals surface area contributed by atoms with Crippen molar-refractivity contribution in [3.63, 3.8) is 0 Å².